The lowest BCUT2D eigenvalue weighted by molar-refractivity contribution is -0.144. The second-order valence-electron chi connectivity index (χ2n) is 20.4. The highest BCUT2D eigenvalue weighted by Crippen LogP contribution is 2.31. The molecule has 0 radical (unpaired) electrons. The molecule has 21 heteroatoms. The van der Waals surface area contributed by atoms with Crippen LogP contribution in [-0.2, 0) is 39.9 Å². The first-order valence-electron chi connectivity index (χ1n) is 26.1. The van der Waals surface area contributed by atoms with Crippen molar-refractivity contribution in [3.8, 4) is 16.1 Å². The van der Waals surface area contributed by atoms with E-state index in [0.29, 0.717) is 76.2 Å². The van der Waals surface area contributed by atoms with E-state index in [-0.39, 0.29) is 62.9 Å². The molecular weight excluding hydrogens is 994 g/mol. The van der Waals surface area contributed by atoms with E-state index in [4.69, 9.17) is 29.7 Å². The molecule has 1 unspecified atom stereocenters. The van der Waals surface area contributed by atoms with Crippen molar-refractivity contribution in [3.63, 3.8) is 0 Å². The van der Waals surface area contributed by atoms with Crippen LogP contribution in [0.3, 0.4) is 0 Å². The van der Waals surface area contributed by atoms with E-state index < -0.39 is 29.5 Å². The van der Waals surface area contributed by atoms with Gasteiger partial charge in [-0.05, 0) is 66.3 Å². The van der Waals surface area contributed by atoms with Crippen LogP contribution in [0.25, 0.3) is 32.9 Å². The van der Waals surface area contributed by atoms with Gasteiger partial charge in [0.2, 0.25) is 17.7 Å². The highest BCUT2D eigenvalue weighted by molar-refractivity contribution is 7.13. The van der Waals surface area contributed by atoms with Crippen LogP contribution < -0.4 is 21.3 Å². The van der Waals surface area contributed by atoms with E-state index in [1.807, 2.05) is 99.3 Å². The quantitative estimate of drug-likeness (QED) is 0.0608. The number of halogens is 1. The Morgan fingerprint density at radius 1 is 0.895 bits per heavy atom. The Labute approximate surface area is 447 Å². The van der Waals surface area contributed by atoms with Gasteiger partial charge in [0, 0.05) is 77.4 Å². The average molecular weight is 1070 g/mol. The van der Waals surface area contributed by atoms with E-state index >= 15 is 4.39 Å². The number of aliphatic imine (C=N–C) groups is 1. The Morgan fingerprint density at radius 3 is 2.25 bits per heavy atom. The number of likely N-dealkylation sites (tertiary alicyclic amines) is 1. The van der Waals surface area contributed by atoms with Gasteiger partial charge in [0.15, 0.2) is 5.65 Å². The number of aliphatic hydroxyl groups excluding tert-OH is 1. The fourth-order valence-electron chi connectivity index (χ4n) is 9.58. The molecule has 2 fully saturated rings. The number of nitrogens with one attached hydrogen (secondary N) is 2. The number of imidazole rings is 1. The number of rotatable bonds is 24. The van der Waals surface area contributed by atoms with E-state index in [1.54, 1.807) is 23.6 Å². The molecule has 2 saturated heterocycles. The maximum absolute atomic E-state index is 15.8. The van der Waals surface area contributed by atoms with E-state index in [2.05, 4.69) is 35.4 Å². The highest BCUT2D eigenvalue weighted by atomic mass is 32.1. The summed E-state index contributed by atoms with van der Waals surface area (Å²) < 4.78 is 40.4. The minimum absolute atomic E-state index is 0.00554. The molecule has 3 aromatic heterocycles. The van der Waals surface area contributed by atoms with Crippen molar-refractivity contribution < 1.29 is 42.8 Å². The molecule has 0 bridgehead atoms. The Hall–Kier alpha value is -6.04. The lowest BCUT2D eigenvalue weighted by Gasteiger charge is -2.36. The highest BCUT2D eigenvalue weighted by Gasteiger charge is 2.44. The number of pyridine rings is 1. The zero-order valence-corrected chi connectivity index (χ0v) is 45.0. The number of aliphatic hydroxyl groups is 1. The summed E-state index contributed by atoms with van der Waals surface area (Å²) in [6.45, 7) is 16.3. The third-order valence-electron chi connectivity index (χ3n) is 13.7. The van der Waals surface area contributed by atoms with Gasteiger partial charge >= 0.3 is 0 Å². The number of hydrogen-bond donors (Lipinski definition) is 4. The van der Waals surface area contributed by atoms with Gasteiger partial charge in [0.1, 0.15) is 35.4 Å². The van der Waals surface area contributed by atoms with Gasteiger partial charge in [-0.2, -0.15) is 0 Å². The molecule has 3 aliphatic rings. The maximum atomic E-state index is 15.8. The number of amides is 3. The molecule has 0 aliphatic carbocycles. The Bertz CT molecular complexity index is 2830. The number of β-amino-alcohol motifs (C(OH)–C–C–N with tert-alkyl or cyclic N) is 1. The van der Waals surface area contributed by atoms with Crippen molar-refractivity contribution in [2.45, 2.75) is 84.8 Å². The smallest absolute Gasteiger partial charge is 0.246 e. The third-order valence-corrected chi connectivity index (χ3v) is 14.7. The molecule has 5 aromatic rings. The van der Waals surface area contributed by atoms with Crippen LogP contribution in [-0.4, -0.2) is 175 Å². The number of carbonyl (C=O) groups is 3. The number of ether oxygens (including phenoxy) is 4. The average Bonchev–Trinajstić information content (AvgIpc) is 4.17. The number of fused-ring (bicyclic) bond motifs is 1. The number of allylic oxidation sites excluding steroid dienone is 1. The minimum Gasteiger partial charge on any atom is -0.391 e. The zero-order chi connectivity index (χ0) is 53.8. The van der Waals surface area contributed by atoms with Crippen LogP contribution >= 0.6 is 11.3 Å². The summed E-state index contributed by atoms with van der Waals surface area (Å²) in [6.07, 6.45) is 3.20. The maximum Gasteiger partial charge on any atom is 0.246 e. The van der Waals surface area contributed by atoms with Crippen molar-refractivity contribution in [1.82, 2.24) is 40.0 Å². The minimum atomic E-state index is -0.930. The SMILES string of the molecule is Cc1ncsc1-c1ccc(CNC(=O)[C@@H]2C[C@@H](O)CN2C(=O)[C@@H](NC(=O)CCOCCOCCOCCOCCN2CCN(c3ccc(-n4c(C)nc5ccc(C6=CC=NC(N)C6)nc54)cc3F)CC2)C(C)(C)C)cc1. The zero-order valence-electron chi connectivity index (χ0n) is 44.2. The van der Waals surface area contributed by atoms with Crippen LogP contribution in [0.15, 0.2) is 71.2 Å². The number of nitrogens with zero attached hydrogens (tertiary/aromatic N) is 8. The topological polar surface area (TPSA) is 224 Å². The molecule has 0 saturated carbocycles. The molecule has 6 heterocycles. The van der Waals surface area contributed by atoms with Crippen molar-refractivity contribution in [2.75, 3.05) is 97.0 Å². The summed E-state index contributed by atoms with van der Waals surface area (Å²) in [6, 6.07) is 15.3. The fourth-order valence-corrected chi connectivity index (χ4v) is 10.4. The fraction of sp³-hybridized carbons (Fsp3) is 0.509. The number of nitrogens with two attached hydrogens (primary N) is 1. The number of aryl methyl sites for hydroxylation is 2. The molecule has 3 aliphatic heterocycles. The van der Waals surface area contributed by atoms with Crippen molar-refractivity contribution >= 4 is 57.7 Å². The van der Waals surface area contributed by atoms with Gasteiger partial charge in [0.25, 0.3) is 0 Å². The monoisotopic (exact) mass is 1070 g/mol. The first-order chi connectivity index (χ1) is 36.6. The summed E-state index contributed by atoms with van der Waals surface area (Å²) in [4.78, 5) is 65.5. The summed E-state index contributed by atoms with van der Waals surface area (Å²) in [5, 5.41) is 16.4. The number of aromatic nitrogens is 4. The Balaban J connectivity index is 0.653. The van der Waals surface area contributed by atoms with Gasteiger partial charge in [-0.15, -0.1) is 11.3 Å². The predicted molar refractivity (Wildman–Crippen MR) is 291 cm³/mol. The molecule has 76 heavy (non-hydrogen) atoms. The summed E-state index contributed by atoms with van der Waals surface area (Å²) in [5.74, 6) is -0.716. The number of thiazole rings is 1. The number of benzene rings is 2. The molecule has 3 amide bonds. The van der Waals surface area contributed by atoms with Crippen LogP contribution in [0, 0.1) is 25.1 Å². The number of carbonyl (C=O) groups excluding carboxylic acids is 3. The molecule has 8 rings (SSSR count). The molecule has 408 valence electrons. The largest absolute Gasteiger partial charge is 0.391 e. The normalized spacial score (nSPS) is 18.6. The summed E-state index contributed by atoms with van der Waals surface area (Å²) in [7, 11) is 0. The second kappa shape index (κ2) is 26.3. The first kappa shape index (κ1) is 56.2. The summed E-state index contributed by atoms with van der Waals surface area (Å²) in [5.41, 5.74) is 14.5. The second-order valence-corrected chi connectivity index (χ2v) is 21.3. The van der Waals surface area contributed by atoms with Crippen LogP contribution in [0.5, 0.6) is 0 Å². The van der Waals surface area contributed by atoms with E-state index in [0.717, 1.165) is 63.9 Å². The molecular formula is C55H72FN11O8S. The van der Waals surface area contributed by atoms with Gasteiger partial charge in [-0.25, -0.2) is 19.3 Å². The number of dihydropyridines is 1. The molecule has 0 spiro atoms. The van der Waals surface area contributed by atoms with Crippen LogP contribution in [0.1, 0.15) is 62.8 Å². The Morgan fingerprint density at radius 2 is 1.59 bits per heavy atom. The van der Waals surface area contributed by atoms with Crippen molar-refractivity contribution in [2.24, 2.45) is 16.1 Å². The van der Waals surface area contributed by atoms with Gasteiger partial charge in [-0.1, -0.05) is 45.0 Å². The van der Waals surface area contributed by atoms with E-state index in [9.17, 15) is 19.5 Å². The number of hydrogen-bond acceptors (Lipinski definition) is 16. The van der Waals surface area contributed by atoms with Crippen LogP contribution in [0.4, 0.5) is 10.1 Å². The lowest BCUT2D eigenvalue weighted by atomic mass is 9.85. The van der Waals surface area contributed by atoms with Gasteiger partial charge in [0.05, 0.1) is 92.1 Å². The van der Waals surface area contributed by atoms with Crippen molar-refractivity contribution in [1.29, 1.82) is 0 Å². The lowest BCUT2D eigenvalue weighted by Crippen LogP contribution is -2.57. The van der Waals surface area contributed by atoms with Gasteiger partial charge in [-0.3, -0.25) is 28.8 Å². The molecule has 5 N–H and O–H groups in total. The van der Waals surface area contributed by atoms with Crippen molar-refractivity contribution in [3.05, 3.63) is 94.8 Å². The third kappa shape index (κ3) is 14.7. The molecule has 4 atom stereocenters. The van der Waals surface area contributed by atoms with Gasteiger partial charge < -0.3 is 50.2 Å². The standard InChI is InChI=1S/C55H72FN11O8S/c1-36-50(76-35-60-36)39-8-6-38(7-9-39)33-59-53(70)47-32-42(68)34-66(47)54(71)51(55(3,4)5)63-49(69)15-22-72-24-26-74-28-29-75-27-25-73-23-21-64-17-19-65(20-18-64)46-13-10-41(31-43(46)56)67-37(2)61-45-12-11-44(62-52(45)67)40-14-16-58-48(57)30-40/h6-14,16,31,35,42,47-48,51,68H,15,17-30,32-34,57H2,1-5H3,(H,59,70)(H,63,69)/t42-,47+,48?,51-/m1/s1. The molecule has 2 aromatic carbocycles. The number of anilines is 1. The van der Waals surface area contributed by atoms with Crippen LogP contribution in [0.2, 0.25) is 0 Å². The Kier molecular flexibility index (Phi) is 19.5. The predicted octanol–water partition coefficient (Wildman–Crippen LogP) is 4.83. The number of piperazine rings is 1. The molecule has 19 nitrogen and oxygen atoms in total. The van der Waals surface area contributed by atoms with E-state index in [1.165, 1.54) is 4.90 Å². The first-order valence-corrected chi connectivity index (χ1v) is 27.0. The summed E-state index contributed by atoms with van der Waals surface area (Å²) >= 11 is 1.57.